The molecule has 1 unspecified atom stereocenters. The van der Waals surface area contributed by atoms with Crippen molar-refractivity contribution in [3.8, 4) is 11.3 Å². The Bertz CT molecular complexity index is 1140. The first-order chi connectivity index (χ1) is 15.7. The maximum atomic E-state index is 13.8. The molecule has 10 heteroatoms. The van der Waals surface area contributed by atoms with Crippen LogP contribution in [0.1, 0.15) is 18.1 Å². The molecule has 0 aliphatic carbocycles. The zero-order valence-corrected chi connectivity index (χ0v) is 18.9. The maximum absolute atomic E-state index is 13.8. The van der Waals surface area contributed by atoms with Gasteiger partial charge in [0.15, 0.2) is 0 Å². The smallest absolute Gasteiger partial charge is 0.354 e. The van der Waals surface area contributed by atoms with Gasteiger partial charge in [-0.2, -0.15) is 13.2 Å². The number of pyridine rings is 2. The summed E-state index contributed by atoms with van der Waals surface area (Å²) < 4.78 is 57.6. The summed E-state index contributed by atoms with van der Waals surface area (Å²) in [6, 6.07) is 11.9. The minimum Gasteiger partial charge on any atom is -0.354 e. The SMILES string of the molecule is Cc1ccc(F)cc1-c1nc(NSc2cccc(N3CCNC(C)C3)n2)ccc1C(F)(F)F. The molecule has 5 nitrogen and oxygen atoms in total. The monoisotopic (exact) mass is 477 g/mol. The number of hydrogen-bond donors (Lipinski definition) is 2. The number of piperazine rings is 1. The predicted octanol–water partition coefficient (Wildman–Crippen LogP) is 5.53. The van der Waals surface area contributed by atoms with Crippen molar-refractivity contribution in [1.82, 2.24) is 15.3 Å². The van der Waals surface area contributed by atoms with Crippen LogP contribution in [0, 0.1) is 12.7 Å². The van der Waals surface area contributed by atoms with E-state index < -0.39 is 17.6 Å². The van der Waals surface area contributed by atoms with Crippen LogP contribution in [0.25, 0.3) is 11.3 Å². The number of hydrogen-bond acceptors (Lipinski definition) is 6. The molecular formula is C23H23F4N5S. The molecule has 0 amide bonds. The largest absolute Gasteiger partial charge is 0.418 e. The summed E-state index contributed by atoms with van der Waals surface area (Å²) in [5, 5.41) is 4.04. The summed E-state index contributed by atoms with van der Waals surface area (Å²) in [6.07, 6.45) is -4.62. The van der Waals surface area contributed by atoms with Crippen molar-refractivity contribution in [3.05, 3.63) is 65.5 Å². The number of benzene rings is 1. The van der Waals surface area contributed by atoms with Gasteiger partial charge in [-0.25, -0.2) is 14.4 Å². The normalized spacial score (nSPS) is 16.7. The molecule has 0 radical (unpaired) electrons. The van der Waals surface area contributed by atoms with Crippen molar-refractivity contribution in [2.24, 2.45) is 0 Å². The summed E-state index contributed by atoms with van der Waals surface area (Å²) in [4.78, 5) is 11.0. The van der Waals surface area contributed by atoms with Crippen LogP contribution >= 0.6 is 11.9 Å². The number of rotatable bonds is 5. The summed E-state index contributed by atoms with van der Waals surface area (Å²) in [5.74, 6) is 0.433. The van der Waals surface area contributed by atoms with Gasteiger partial charge in [0.1, 0.15) is 22.5 Å². The lowest BCUT2D eigenvalue weighted by Crippen LogP contribution is -2.49. The molecule has 1 aliphatic rings. The minimum absolute atomic E-state index is 0.101. The second-order valence-electron chi connectivity index (χ2n) is 7.89. The van der Waals surface area contributed by atoms with Gasteiger partial charge in [-0.15, -0.1) is 0 Å². The first-order valence-electron chi connectivity index (χ1n) is 10.4. The molecular weight excluding hydrogens is 454 g/mol. The summed E-state index contributed by atoms with van der Waals surface area (Å²) in [6.45, 7) is 6.29. The second-order valence-corrected chi connectivity index (χ2v) is 8.72. The van der Waals surface area contributed by atoms with Crippen molar-refractivity contribution < 1.29 is 17.6 Å². The molecule has 1 saturated heterocycles. The molecule has 1 aliphatic heterocycles. The third kappa shape index (κ3) is 5.56. The standard InChI is InChI=1S/C23H23F4N5S/c1-14-6-7-16(24)12-17(14)22-18(23(25,26)27)8-9-19(29-22)31-33-21-5-3-4-20(30-21)32-11-10-28-15(2)13-32/h3-9,12,15,28H,10-11,13H2,1-2H3,(H,29,31). The van der Waals surface area contributed by atoms with Crippen LogP contribution in [-0.2, 0) is 6.18 Å². The average Bonchev–Trinajstić information content (AvgIpc) is 2.79. The van der Waals surface area contributed by atoms with Gasteiger partial charge in [0.2, 0.25) is 0 Å². The Morgan fingerprint density at radius 3 is 2.70 bits per heavy atom. The van der Waals surface area contributed by atoms with E-state index in [1.54, 1.807) is 6.92 Å². The Labute approximate surface area is 193 Å². The van der Waals surface area contributed by atoms with Crippen LogP contribution in [-0.4, -0.2) is 35.6 Å². The molecule has 1 aromatic carbocycles. The molecule has 2 N–H and O–H groups in total. The molecule has 174 valence electrons. The van der Waals surface area contributed by atoms with Gasteiger partial charge in [0.05, 0.1) is 11.3 Å². The number of halogens is 4. The second kappa shape index (κ2) is 9.56. The van der Waals surface area contributed by atoms with Gasteiger partial charge < -0.3 is 14.9 Å². The van der Waals surface area contributed by atoms with E-state index in [2.05, 4.69) is 31.8 Å². The van der Waals surface area contributed by atoms with Gasteiger partial charge in [0, 0.05) is 43.2 Å². The highest BCUT2D eigenvalue weighted by Crippen LogP contribution is 2.38. The molecule has 1 fully saturated rings. The van der Waals surface area contributed by atoms with Crippen molar-refractivity contribution in [2.45, 2.75) is 31.1 Å². The van der Waals surface area contributed by atoms with Crippen molar-refractivity contribution in [3.63, 3.8) is 0 Å². The van der Waals surface area contributed by atoms with Crippen molar-refractivity contribution in [1.29, 1.82) is 0 Å². The van der Waals surface area contributed by atoms with E-state index in [4.69, 9.17) is 0 Å². The lowest BCUT2D eigenvalue weighted by atomic mass is 10.0. The van der Waals surface area contributed by atoms with Crippen molar-refractivity contribution in [2.75, 3.05) is 29.3 Å². The first kappa shape index (κ1) is 23.3. The molecule has 3 aromatic rings. The summed E-state index contributed by atoms with van der Waals surface area (Å²) >= 11 is 1.16. The van der Waals surface area contributed by atoms with Gasteiger partial charge in [-0.05, 0) is 55.8 Å². The van der Waals surface area contributed by atoms with Crippen LogP contribution in [0.4, 0.5) is 29.2 Å². The number of aryl methyl sites for hydroxylation is 1. The minimum atomic E-state index is -4.62. The fraction of sp³-hybridized carbons (Fsp3) is 0.304. The van der Waals surface area contributed by atoms with Crippen LogP contribution in [0.2, 0.25) is 0 Å². The van der Waals surface area contributed by atoms with Crippen molar-refractivity contribution >= 4 is 23.6 Å². The Morgan fingerprint density at radius 1 is 1.12 bits per heavy atom. The van der Waals surface area contributed by atoms with Crippen LogP contribution < -0.4 is 14.9 Å². The van der Waals surface area contributed by atoms with Gasteiger partial charge in [0.25, 0.3) is 0 Å². The Kier molecular flexibility index (Phi) is 6.76. The van der Waals surface area contributed by atoms with E-state index in [-0.39, 0.29) is 17.1 Å². The Hall–Kier alpha value is -2.85. The molecule has 3 heterocycles. The van der Waals surface area contributed by atoms with E-state index in [9.17, 15) is 17.6 Å². The Balaban J connectivity index is 1.58. The number of nitrogens with zero attached hydrogens (tertiary/aromatic N) is 3. The quantitative estimate of drug-likeness (QED) is 0.373. The Morgan fingerprint density at radius 2 is 1.94 bits per heavy atom. The van der Waals surface area contributed by atoms with E-state index in [1.165, 1.54) is 18.2 Å². The third-order valence-corrected chi connectivity index (χ3v) is 6.06. The number of aromatic nitrogens is 2. The van der Waals surface area contributed by atoms with E-state index in [0.29, 0.717) is 16.6 Å². The van der Waals surface area contributed by atoms with Gasteiger partial charge in [-0.3, -0.25) is 0 Å². The van der Waals surface area contributed by atoms with E-state index >= 15 is 0 Å². The number of alkyl halides is 3. The average molecular weight is 478 g/mol. The lowest BCUT2D eigenvalue weighted by molar-refractivity contribution is -0.137. The van der Waals surface area contributed by atoms with Gasteiger partial charge in [-0.1, -0.05) is 12.1 Å². The molecule has 0 spiro atoms. The highest BCUT2D eigenvalue weighted by molar-refractivity contribution is 8.00. The first-order valence-corrected chi connectivity index (χ1v) is 11.3. The molecule has 1 atom stereocenters. The number of nitrogens with one attached hydrogen (secondary N) is 2. The molecule has 4 rings (SSSR count). The van der Waals surface area contributed by atoms with Crippen LogP contribution in [0.15, 0.2) is 53.6 Å². The zero-order chi connectivity index (χ0) is 23.6. The third-order valence-electron chi connectivity index (χ3n) is 5.32. The topological polar surface area (TPSA) is 53.1 Å². The lowest BCUT2D eigenvalue weighted by Gasteiger charge is -2.32. The summed E-state index contributed by atoms with van der Waals surface area (Å²) in [7, 11) is 0. The highest BCUT2D eigenvalue weighted by Gasteiger charge is 2.35. The summed E-state index contributed by atoms with van der Waals surface area (Å²) in [5.41, 5.74) is -0.635. The molecule has 2 aromatic heterocycles. The van der Waals surface area contributed by atoms with Crippen LogP contribution in [0.3, 0.4) is 0 Å². The highest BCUT2D eigenvalue weighted by atomic mass is 32.2. The predicted molar refractivity (Wildman–Crippen MR) is 123 cm³/mol. The van der Waals surface area contributed by atoms with E-state index in [0.717, 1.165) is 49.5 Å². The maximum Gasteiger partial charge on any atom is 0.418 e. The molecule has 0 saturated carbocycles. The number of anilines is 2. The van der Waals surface area contributed by atoms with Crippen LogP contribution in [0.5, 0.6) is 0 Å². The fourth-order valence-corrected chi connectivity index (χ4v) is 4.29. The zero-order valence-electron chi connectivity index (χ0n) is 18.1. The molecule has 33 heavy (non-hydrogen) atoms. The van der Waals surface area contributed by atoms with E-state index in [1.807, 2.05) is 18.2 Å². The van der Waals surface area contributed by atoms with Gasteiger partial charge >= 0.3 is 6.18 Å². The fourth-order valence-electron chi connectivity index (χ4n) is 3.68. The molecule has 0 bridgehead atoms.